The van der Waals surface area contributed by atoms with Gasteiger partial charge in [0.15, 0.2) is 5.60 Å². The number of carboxylic acid groups (broad SMARTS) is 1. The topological polar surface area (TPSA) is 98.7 Å². The Bertz CT molecular complexity index is 552. The summed E-state index contributed by atoms with van der Waals surface area (Å²) in [6.45, 7) is 0.431. The van der Waals surface area contributed by atoms with E-state index in [1.807, 2.05) is 0 Å². The zero-order valence-corrected chi connectivity index (χ0v) is 11.6. The number of aliphatic hydroxyl groups is 1. The Morgan fingerprint density at radius 1 is 1.43 bits per heavy atom. The summed E-state index contributed by atoms with van der Waals surface area (Å²) in [5.74, 6) is -1.51. The molecule has 0 fully saturated rings. The summed E-state index contributed by atoms with van der Waals surface area (Å²) < 4.78 is 25.3. The Labute approximate surface area is 123 Å². The number of anilines is 1. The number of aliphatic carboxylic acids is 1. The molecular formula is C12H13ClF2N2O4. The van der Waals surface area contributed by atoms with Gasteiger partial charge >= 0.3 is 12.0 Å². The first kappa shape index (κ1) is 17.1. The summed E-state index contributed by atoms with van der Waals surface area (Å²) in [6.07, 6.45) is -2.80. The first-order valence-electron chi connectivity index (χ1n) is 5.72. The Hall–Kier alpha value is -1.93. The molecule has 1 aromatic rings. The van der Waals surface area contributed by atoms with Crippen LogP contribution in [-0.4, -0.2) is 34.4 Å². The number of carbonyl (C=O) groups excluding carboxylic acids is 1. The highest BCUT2D eigenvalue weighted by Crippen LogP contribution is 2.32. The average Bonchev–Trinajstić information content (AvgIpc) is 2.38. The van der Waals surface area contributed by atoms with Crippen LogP contribution < -0.4 is 10.6 Å². The molecule has 0 aromatic heterocycles. The normalized spacial score (nSPS) is 13.6. The van der Waals surface area contributed by atoms with Crippen LogP contribution in [0.5, 0.6) is 0 Å². The second-order valence-corrected chi connectivity index (χ2v) is 4.77. The lowest BCUT2D eigenvalue weighted by molar-refractivity contribution is -0.155. The first-order chi connectivity index (χ1) is 9.65. The molecule has 0 spiro atoms. The van der Waals surface area contributed by atoms with Gasteiger partial charge in [-0.1, -0.05) is 23.7 Å². The largest absolute Gasteiger partial charge is 0.479 e. The minimum Gasteiger partial charge on any atom is -0.479 e. The molecule has 4 N–H and O–H groups in total. The van der Waals surface area contributed by atoms with Crippen molar-refractivity contribution in [1.29, 1.82) is 0 Å². The van der Waals surface area contributed by atoms with Crippen molar-refractivity contribution >= 4 is 29.3 Å². The third-order valence-electron chi connectivity index (χ3n) is 2.57. The maximum Gasteiger partial charge on any atom is 0.337 e. The van der Waals surface area contributed by atoms with E-state index in [1.165, 1.54) is 12.1 Å². The predicted octanol–water partition coefficient (Wildman–Crippen LogP) is 2.23. The van der Waals surface area contributed by atoms with Crippen LogP contribution in [0, 0.1) is 0 Å². The summed E-state index contributed by atoms with van der Waals surface area (Å²) >= 11 is 5.72. The van der Waals surface area contributed by atoms with Crippen LogP contribution in [0.4, 0.5) is 19.3 Å². The molecule has 9 heteroatoms. The van der Waals surface area contributed by atoms with Crippen molar-refractivity contribution in [3.05, 3.63) is 28.8 Å². The number of carboxylic acids is 1. The Morgan fingerprint density at radius 3 is 2.57 bits per heavy atom. The monoisotopic (exact) mass is 322 g/mol. The molecule has 0 aliphatic heterocycles. The van der Waals surface area contributed by atoms with Crippen molar-refractivity contribution in [2.75, 3.05) is 11.9 Å². The fourth-order valence-electron chi connectivity index (χ4n) is 1.31. The van der Waals surface area contributed by atoms with Crippen molar-refractivity contribution in [1.82, 2.24) is 5.32 Å². The van der Waals surface area contributed by atoms with Gasteiger partial charge in [0.2, 0.25) is 0 Å². The highest BCUT2D eigenvalue weighted by molar-refractivity contribution is 6.34. The van der Waals surface area contributed by atoms with E-state index in [4.69, 9.17) is 16.7 Å². The van der Waals surface area contributed by atoms with E-state index in [-0.39, 0.29) is 10.7 Å². The molecule has 1 unspecified atom stereocenters. The molecule has 1 rings (SSSR count). The third-order valence-corrected chi connectivity index (χ3v) is 2.99. The van der Waals surface area contributed by atoms with Gasteiger partial charge < -0.3 is 20.8 Å². The lowest BCUT2D eigenvalue weighted by Crippen LogP contribution is -2.47. The van der Waals surface area contributed by atoms with Gasteiger partial charge in [-0.05, 0) is 13.0 Å². The molecule has 21 heavy (non-hydrogen) atoms. The highest BCUT2D eigenvalue weighted by Gasteiger charge is 2.30. The Morgan fingerprint density at radius 2 is 2.05 bits per heavy atom. The van der Waals surface area contributed by atoms with E-state index in [0.717, 1.165) is 13.0 Å². The number of hydrogen-bond acceptors (Lipinski definition) is 3. The summed E-state index contributed by atoms with van der Waals surface area (Å²) in [6, 6.07) is 2.83. The van der Waals surface area contributed by atoms with Gasteiger partial charge in [0.1, 0.15) is 0 Å². The van der Waals surface area contributed by atoms with Crippen molar-refractivity contribution in [3.8, 4) is 0 Å². The molecule has 2 amide bonds. The number of urea groups is 1. The van der Waals surface area contributed by atoms with Gasteiger partial charge in [-0.15, -0.1) is 0 Å². The fraction of sp³-hybridized carbons (Fsp3) is 0.333. The maximum atomic E-state index is 12.6. The Balaban J connectivity index is 2.72. The number of hydrogen-bond donors (Lipinski definition) is 4. The van der Waals surface area contributed by atoms with Crippen molar-refractivity contribution in [2.24, 2.45) is 0 Å². The fourth-order valence-corrected chi connectivity index (χ4v) is 1.57. The second-order valence-electron chi connectivity index (χ2n) is 4.40. The summed E-state index contributed by atoms with van der Waals surface area (Å²) in [5, 5.41) is 22.1. The molecule has 0 saturated carbocycles. The molecular weight excluding hydrogens is 310 g/mol. The highest BCUT2D eigenvalue weighted by atomic mass is 35.5. The molecule has 0 radical (unpaired) electrons. The minimum absolute atomic E-state index is 0.0538. The van der Waals surface area contributed by atoms with Crippen molar-refractivity contribution in [2.45, 2.75) is 19.0 Å². The summed E-state index contributed by atoms with van der Waals surface area (Å²) in [4.78, 5) is 22.2. The SMILES string of the molecule is CC(O)(CNC(=O)Nc1cccc(C(F)F)c1Cl)C(=O)O. The Kier molecular flexibility index (Phi) is 5.45. The van der Waals surface area contributed by atoms with Crippen LogP contribution in [0.2, 0.25) is 5.02 Å². The van der Waals surface area contributed by atoms with Crippen LogP contribution in [-0.2, 0) is 4.79 Å². The van der Waals surface area contributed by atoms with Gasteiger partial charge in [0.05, 0.1) is 17.3 Å². The lowest BCUT2D eigenvalue weighted by atomic mass is 10.1. The number of carbonyl (C=O) groups is 2. The number of rotatable bonds is 5. The molecule has 0 bridgehead atoms. The van der Waals surface area contributed by atoms with Crippen molar-refractivity contribution in [3.63, 3.8) is 0 Å². The lowest BCUT2D eigenvalue weighted by Gasteiger charge is -2.18. The van der Waals surface area contributed by atoms with E-state index in [0.29, 0.717) is 0 Å². The molecule has 1 atom stereocenters. The van der Waals surface area contributed by atoms with Gasteiger partial charge in [-0.25, -0.2) is 18.4 Å². The molecule has 0 aliphatic rings. The van der Waals surface area contributed by atoms with Gasteiger partial charge in [0.25, 0.3) is 6.43 Å². The van der Waals surface area contributed by atoms with E-state index in [9.17, 15) is 23.5 Å². The second kappa shape index (κ2) is 6.68. The zero-order chi connectivity index (χ0) is 16.2. The van der Waals surface area contributed by atoms with Crippen LogP contribution in [0.3, 0.4) is 0 Å². The summed E-state index contributed by atoms with van der Waals surface area (Å²) in [7, 11) is 0. The average molecular weight is 323 g/mol. The molecule has 0 saturated heterocycles. The van der Waals surface area contributed by atoms with E-state index in [2.05, 4.69) is 10.6 Å². The minimum atomic E-state index is -2.80. The van der Waals surface area contributed by atoms with Crippen LogP contribution in [0.25, 0.3) is 0 Å². The number of nitrogens with one attached hydrogen (secondary N) is 2. The van der Waals surface area contributed by atoms with Crippen LogP contribution in [0.1, 0.15) is 18.9 Å². The molecule has 0 heterocycles. The standard InChI is InChI=1S/C12H13ClF2N2O4/c1-12(21,10(18)19)5-16-11(20)17-7-4-2-3-6(8(7)13)9(14)15/h2-4,9,21H,5H2,1H3,(H,18,19)(H2,16,17,20). The third kappa shape index (κ3) is 4.54. The zero-order valence-electron chi connectivity index (χ0n) is 10.9. The van der Waals surface area contributed by atoms with Gasteiger partial charge in [0, 0.05) is 5.56 Å². The molecule has 1 aromatic carbocycles. The van der Waals surface area contributed by atoms with Crippen LogP contribution in [0.15, 0.2) is 18.2 Å². The smallest absolute Gasteiger partial charge is 0.337 e. The van der Waals surface area contributed by atoms with E-state index in [1.54, 1.807) is 0 Å². The van der Waals surface area contributed by atoms with Crippen LogP contribution >= 0.6 is 11.6 Å². The molecule has 0 aliphatic carbocycles. The first-order valence-corrected chi connectivity index (χ1v) is 6.10. The van der Waals surface area contributed by atoms with Crippen molar-refractivity contribution < 1.29 is 28.6 Å². The van der Waals surface area contributed by atoms with Gasteiger partial charge in [-0.2, -0.15) is 0 Å². The van der Waals surface area contributed by atoms with E-state index < -0.39 is 36.1 Å². The number of alkyl halides is 2. The predicted molar refractivity (Wildman–Crippen MR) is 71.7 cm³/mol. The van der Waals surface area contributed by atoms with Gasteiger partial charge in [-0.3, -0.25) is 0 Å². The number of benzene rings is 1. The number of amides is 2. The summed E-state index contributed by atoms with van der Waals surface area (Å²) in [5.41, 5.74) is -2.64. The quantitative estimate of drug-likeness (QED) is 0.668. The van der Waals surface area contributed by atoms with E-state index >= 15 is 0 Å². The molecule has 6 nitrogen and oxygen atoms in total. The number of halogens is 3. The maximum absolute atomic E-state index is 12.6. The molecule has 116 valence electrons.